The van der Waals surface area contributed by atoms with Gasteiger partial charge in [-0.15, -0.1) is 13.2 Å². The zero-order valence-electron chi connectivity index (χ0n) is 7.17. The Bertz CT molecular complexity index is 150. The molecule has 0 aromatic rings. The van der Waals surface area contributed by atoms with Gasteiger partial charge in [-0.1, -0.05) is 6.58 Å². The first-order valence-corrected chi connectivity index (χ1v) is 2.88. The summed E-state index contributed by atoms with van der Waals surface area (Å²) in [4.78, 5) is 18.8. The van der Waals surface area contributed by atoms with Crippen molar-refractivity contribution < 1.29 is 9.59 Å². The van der Waals surface area contributed by atoms with E-state index in [2.05, 4.69) is 31.2 Å². The molecule has 0 saturated carbocycles. The Kier molecular flexibility index (Phi) is 16.6. The van der Waals surface area contributed by atoms with Crippen LogP contribution in [0, 0.1) is 0 Å². The van der Waals surface area contributed by atoms with E-state index in [9.17, 15) is 4.79 Å². The lowest BCUT2D eigenvalue weighted by molar-refractivity contribution is -0.114. The number of hydrogen-bond acceptors (Lipinski definition) is 2. The first kappa shape index (κ1) is 16.7. The molecule has 0 fully saturated rings. The van der Waals surface area contributed by atoms with Crippen molar-refractivity contribution in [3.05, 3.63) is 25.3 Å². The molecular formula is C7H15N3O2. The third kappa shape index (κ3) is 86.9. The predicted molar refractivity (Wildman–Crippen MR) is 49.0 cm³/mol. The molecule has 5 heteroatoms. The van der Waals surface area contributed by atoms with Crippen LogP contribution in [-0.4, -0.2) is 11.9 Å². The zero-order valence-corrected chi connectivity index (χ0v) is 7.17. The van der Waals surface area contributed by atoms with Gasteiger partial charge in [-0.25, -0.2) is 4.79 Å². The Labute approximate surface area is 71.9 Å². The molecule has 0 spiro atoms. The smallest absolute Gasteiger partial charge is 0.309 e. The highest BCUT2D eigenvalue weighted by molar-refractivity contribution is 5.90. The number of nitrogens with two attached hydrogens (primary N) is 3. The van der Waals surface area contributed by atoms with Crippen molar-refractivity contribution in [2.24, 2.45) is 17.2 Å². The van der Waals surface area contributed by atoms with Gasteiger partial charge in [0.15, 0.2) is 0 Å². The minimum atomic E-state index is -0.833. The molecule has 0 aliphatic heterocycles. The molecule has 6 N–H and O–H groups in total. The maximum atomic E-state index is 9.82. The van der Waals surface area contributed by atoms with Gasteiger partial charge in [0, 0.05) is 5.57 Å². The van der Waals surface area contributed by atoms with E-state index in [0.717, 1.165) is 0 Å². The topological polar surface area (TPSA) is 112 Å². The van der Waals surface area contributed by atoms with Gasteiger partial charge in [0.05, 0.1) is 0 Å². The van der Waals surface area contributed by atoms with Gasteiger partial charge in [-0.3, -0.25) is 4.79 Å². The fraction of sp³-hybridized carbons (Fsp3) is 0.143. The second-order valence-corrected chi connectivity index (χ2v) is 1.55. The first-order chi connectivity index (χ1) is 5.37. The standard InChI is InChI=1S/C4H7NO.C2H4.CH4N2O/c1-3(2)4(5)6;1-2;2-1(3)4/h1H2,2H3,(H2,5,6);1-2H2;(H4,2,3,4). The number of urea groups is 1. The minimum Gasteiger partial charge on any atom is -0.366 e. The van der Waals surface area contributed by atoms with Crippen LogP contribution in [0.3, 0.4) is 0 Å². The van der Waals surface area contributed by atoms with Crippen molar-refractivity contribution in [3.8, 4) is 0 Å². The normalized spacial score (nSPS) is 6.08. The van der Waals surface area contributed by atoms with Gasteiger partial charge in [0.1, 0.15) is 0 Å². The summed E-state index contributed by atoms with van der Waals surface area (Å²) >= 11 is 0. The van der Waals surface area contributed by atoms with Gasteiger partial charge in [-0.2, -0.15) is 0 Å². The second-order valence-electron chi connectivity index (χ2n) is 1.55. The number of hydrogen-bond donors (Lipinski definition) is 3. The zero-order chi connectivity index (χ0) is 10.7. The maximum Gasteiger partial charge on any atom is 0.309 e. The van der Waals surface area contributed by atoms with Crippen molar-refractivity contribution in [2.45, 2.75) is 6.92 Å². The lowest BCUT2D eigenvalue weighted by atomic mass is 10.3. The summed E-state index contributed by atoms with van der Waals surface area (Å²) < 4.78 is 0. The number of amides is 3. The number of carbonyl (C=O) groups excluding carboxylic acids is 2. The van der Waals surface area contributed by atoms with Crippen molar-refractivity contribution in [2.75, 3.05) is 0 Å². The van der Waals surface area contributed by atoms with Crippen molar-refractivity contribution in [1.82, 2.24) is 0 Å². The summed E-state index contributed by atoms with van der Waals surface area (Å²) in [6, 6.07) is -0.833. The minimum absolute atomic E-state index is 0.398. The highest BCUT2D eigenvalue weighted by atomic mass is 16.2. The van der Waals surface area contributed by atoms with Crippen LogP contribution in [0.1, 0.15) is 6.92 Å². The molecule has 0 aromatic carbocycles. The van der Waals surface area contributed by atoms with Crippen molar-refractivity contribution in [3.63, 3.8) is 0 Å². The van der Waals surface area contributed by atoms with E-state index in [4.69, 9.17) is 10.5 Å². The second kappa shape index (κ2) is 12.0. The van der Waals surface area contributed by atoms with Crippen LogP contribution in [0.2, 0.25) is 0 Å². The van der Waals surface area contributed by atoms with Gasteiger partial charge >= 0.3 is 6.03 Å². The van der Waals surface area contributed by atoms with Crippen LogP contribution in [0.5, 0.6) is 0 Å². The molecule has 0 radical (unpaired) electrons. The molecule has 3 amide bonds. The molecular weight excluding hydrogens is 158 g/mol. The summed E-state index contributed by atoms with van der Waals surface area (Å²) in [7, 11) is 0. The molecule has 70 valence electrons. The highest BCUT2D eigenvalue weighted by Gasteiger charge is 1.86. The number of rotatable bonds is 1. The van der Waals surface area contributed by atoms with Gasteiger partial charge in [-0.05, 0) is 6.92 Å². The summed E-state index contributed by atoms with van der Waals surface area (Å²) in [5, 5.41) is 0. The van der Waals surface area contributed by atoms with Crippen LogP contribution >= 0.6 is 0 Å². The summed E-state index contributed by atoms with van der Waals surface area (Å²) in [6.07, 6.45) is 0. The Morgan fingerprint density at radius 1 is 1.08 bits per heavy atom. The lowest BCUT2D eigenvalue weighted by Crippen LogP contribution is -2.18. The van der Waals surface area contributed by atoms with E-state index in [0.29, 0.717) is 5.57 Å². The Balaban J connectivity index is -0.000000118. The molecule has 0 atom stereocenters. The summed E-state index contributed by atoms with van der Waals surface area (Å²) in [6.45, 7) is 10.9. The first-order valence-electron chi connectivity index (χ1n) is 2.88. The number of primary amides is 3. The van der Waals surface area contributed by atoms with Crippen LogP contribution in [0.25, 0.3) is 0 Å². The van der Waals surface area contributed by atoms with E-state index >= 15 is 0 Å². The maximum absolute atomic E-state index is 9.82. The molecule has 0 saturated heterocycles. The van der Waals surface area contributed by atoms with Crippen LogP contribution in [0.15, 0.2) is 25.3 Å². The highest BCUT2D eigenvalue weighted by Crippen LogP contribution is 1.78. The fourth-order valence-electron chi connectivity index (χ4n) is 0. The fourth-order valence-corrected chi connectivity index (χ4v) is 0. The molecule has 0 rings (SSSR count). The van der Waals surface area contributed by atoms with E-state index in [1.807, 2.05) is 0 Å². The summed E-state index contributed by atoms with van der Waals surface area (Å²) in [5.41, 5.74) is 13.6. The van der Waals surface area contributed by atoms with Gasteiger partial charge < -0.3 is 17.2 Å². The lowest BCUT2D eigenvalue weighted by Gasteiger charge is -1.81. The monoisotopic (exact) mass is 173 g/mol. The SMILES string of the molecule is C=C.C=C(C)C(N)=O.NC(N)=O. The van der Waals surface area contributed by atoms with Gasteiger partial charge in [0.25, 0.3) is 0 Å². The molecule has 12 heavy (non-hydrogen) atoms. The van der Waals surface area contributed by atoms with E-state index in [1.165, 1.54) is 0 Å². The van der Waals surface area contributed by atoms with E-state index in [1.54, 1.807) is 6.92 Å². The molecule has 0 heterocycles. The van der Waals surface area contributed by atoms with E-state index in [-0.39, 0.29) is 0 Å². The summed E-state index contributed by atoms with van der Waals surface area (Å²) in [5.74, 6) is -0.435. The van der Waals surface area contributed by atoms with Crippen LogP contribution in [0.4, 0.5) is 4.79 Å². The quantitative estimate of drug-likeness (QED) is 0.379. The Morgan fingerprint density at radius 2 is 1.17 bits per heavy atom. The Morgan fingerprint density at radius 3 is 1.17 bits per heavy atom. The Hall–Kier alpha value is -1.78. The molecule has 0 aliphatic rings. The molecule has 0 aliphatic carbocycles. The van der Waals surface area contributed by atoms with Crippen LogP contribution in [-0.2, 0) is 4.79 Å². The molecule has 0 aromatic heterocycles. The molecule has 0 unspecified atom stereocenters. The van der Waals surface area contributed by atoms with Crippen LogP contribution < -0.4 is 17.2 Å². The van der Waals surface area contributed by atoms with Crippen molar-refractivity contribution in [1.29, 1.82) is 0 Å². The van der Waals surface area contributed by atoms with Crippen molar-refractivity contribution >= 4 is 11.9 Å². The molecule has 0 bridgehead atoms. The van der Waals surface area contributed by atoms with Gasteiger partial charge in [0.2, 0.25) is 5.91 Å². The third-order valence-corrected chi connectivity index (χ3v) is 0.421. The predicted octanol–water partition coefficient (Wildman–Crippen LogP) is -0.126. The average Bonchev–Trinajstić information content (AvgIpc) is 1.90. The largest absolute Gasteiger partial charge is 0.366 e. The molecule has 5 nitrogen and oxygen atoms in total. The third-order valence-electron chi connectivity index (χ3n) is 0.421. The number of carbonyl (C=O) groups is 2. The average molecular weight is 173 g/mol. The van der Waals surface area contributed by atoms with E-state index < -0.39 is 11.9 Å².